The van der Waals surface area contributed by atoms with Gasteiger partial charge in [-0.2, -0.15) is 0 Å². The van der Waals surface area contributed by atoms with Crippen LogP contribution in [-0.2, 0) is 21.4 Å². The van der Waals surface area contributed by atoms with Crippen LogP contribution in [0.2, 0.25) is 0 Å². The maximum atomic E-state index is 12.4. The lowest BCUT2D eigenvalue weighted by Gasteiger charge is -2.23. The van der Waals surface area contributed by atoms with Gasteiger partial charge in [0.15, 0.2) is 0 Å². The Balaban J connectivity index is 2.12. The van der Waals surface area contributed by atoms with E-state index >= 15 is 0 Å². The van der Waals surface area contributed by atoms with Gasteiger partial charge in [-0.1, -0.05) is 18.2 Å². The number of carbonyl (C=O) groups is 1. The molecule has 0 saturated heterocycles. The minimum absolute atomic E-state index is 0.0507. The predicted molar refractivity (Wildman–Crippen MR) is 114 cm³/mol. The van der Waals surface area contributed by atoms with Crippen molar-refractivity contribution in [3.05, 3.63) is 63.7 Å². The number of rotatable bonds is 9. The molecule has 162 valence electrons. The highest BCUT2D eigenvalue weighted by Gasteiger charge is 2.24. The number of sulfonamides is 1. The molecule has 0 aliphatic heterocycles. The maximum absolute atomic E-state index is 12.4. The van der Waals surface area contributed by atoms with Crippen LogP contribution in [0.1, 0.15) is 25.0 Å². The lowest BCUT2D eigenvalue weighted by atomic mass is 10.2. The number of ether oxygens (including phenoxy) is 1. The van der Waals surface area contributed by atoms with E-state index in [0.717, 1.165) is 22.2 Å². The maximum Gasteiger partial charge on any atom is 0.271 e. The van der Waals surface area contributed by atoms with Crippen LogP contribution in [0.25, 0.3) is 0 Å². The number of nitro benzene ring substituents is 1. The smallest absolute Gasteiger partial charge is 0.271 e. The summed E-state index contributed by atoms with van der Waals surface area (Å²) < 4.78 is 31.0. The number of anilines is 1. The first-order valence-electron chi connectivity index (χ1n) is 9.22. The standard InChI is InChI=1S/C20H25N3O6S/c1-14(2)29-18-9-6-16(7-10-18)12-21-20(24)13-22(30(4,27)28)19-11-17(23(25)26)8-5-15(19)3/h5-11,14H,12-13H2,1-4H3,(H,21,24). The van der Waals surface area contributed by atoms with Crippen LogP contribution < -0.4 is 14.4 Å². The Morgan fingerprint density at radius 1 is 1.20 bits per heavy atom. The van der Waals surface area contributed by atoms with E-state index in [9.17, 15) is 23.3 Å². The average Bonchev–Trinajstić information content (AvgIpc) is 2.64. The number of amides is 1. The summed E-state index contributed by atoms with van der Waals surface area (Å²) in [5.41, 5.74) is 1.15. The molecule has 30 heavy (non-hydrogen) atoms. The second-order valence-corrected chi connectivity index (χ2v) is 8.99. The quantitative estimate of drug-likeness (QED) is 0.478. The van der Waals surface area contributed by atoms with Crippen LogP contribution in [0.4, 0.5) is 11.4 Å². The SMILES string of the molecule is Cc1ccc([N+](=O)[O-])cc1N(CC(=O)NCc1ccc(OC(C)C)cc1)S(C)(=O)=O. The zero-order valence-electron chi connectivity index (χ0n) is 17.3. The molecule has 0 bridgehead atoms. The van der Waals surface area contributed by atoms with Gasteiger partial charge in [-0.05, 0) is 44.0 Å². The summed E-state index contributed by atoms with van der Waals surface area (Å²) in [5, 5.41) is 13.7. The predicted octanol–water partition coefficient (Wildman–Crippen LogP) is 2.77. The van der Waals surface area contributed by atoms with Crippen molar-refractivity contribution >= 4 is 27.3 Å². The molecule has 0 aliphatic carbocycles. The van der Waals surface area contributed by atoms with Crippen molar-refractivity contribution in [1.82, 2.24) is 5.32 Å². The Kier molecular flexibility index (Phi) is 7.38. The van der Waals surface area contributed by atoms with E-state index in [1.54, 1.807) is 31.2 Å². The number of benzene rings is 2. The Hall–Kier alpha value is -3.14. The molecule has 0 unspecified atom stereocenters. The van der Waals surface area contributed by atoms with Gasteiger partial charge in [0, 0.05) is 18.7 Å². The summed E-state index contributed by atoms with van der Waals surface area (Å²) in [6.45, 7) is 5.17. The highest BCUT2D eigenvalue weighted by molar-refractivity contribution is 7.92. The third kappa shape index (κ3) is 6.45. The Morgan fingerprint density at radius 3 is 2.37 bits per heavy atom. The van der Waals surface area contributed by atoms with Crippen LogP contribution in [0, 0.1) is 17.0 Å². The van der Waals surface area contributed by atoms with Crippen LogP contribution in [0.5, 0.6) is 5.75 Å². The molecule has 2 rings (SSSR count). The number of carbonyl (C=O) groups excluding carboxylic acids is 1. The van der Waals surface area contributed by atoms with Crippen molar-refractivity contribution < 1.29 is 22.9 Å². The number of nitro groups is 1. The normalized spacial score (nSPS) is 11.2. The summed E-state index contributed by atoms with van der Waals surface area (Å²) in [6.07, 6.45) is 1.00. The molecule has 0 spiro atoms. The van der Waals surface area contributed by atoms with Crippen molar-refractivity contribution in [3.8, 4) is 5.75 Å². The van der Waals surface area contributed by atoms with Gasteiger partial charge in [-0.25, -0.2) is 8.42 Å². The highest BCUT2D eigenvalue weighted by atomic mass is 32.2. The zero-order chi connectivity index (χ0) is 22.5. The molecule has 0 saturated carbocycles. The van der Waals surface area contributed by atoms with Gasteiger partial charge in [0.25, 0.3) is 5.69 Å². The molecular formula is C20H25N3O6S. The fraction of sp³-hybridized carbons (Fsp3) is 0.350. The van der Waals surface area contributed by atoms with Crippen molar-refractivity contribution in [2.24, 2.45) is 0 Å². The van der Waals surface area contributed by atoms with Gasteiger partial charge >= 0.3 is 0 Å². The monoisotopic (exact) mass is 435 g/mol. The van der Waals surface area contributed by atoms with E-state index in [-0.39, 0.29) is 24.0 Å². The van der Waals surface area contributed by atoms with Crippen LogP contribution >= 0.6 is 0 Å². The highest BCUT2D eigenvalue weighted by Crippen LogP contribution is 2.27. The molecule has 2 aromatic carbocycles. The third-order valence-corrected chi connectivity index (χ3v) is 5.27. The van der Waals surface area contributed by atoms with Gasteiger partial charge in [0.1, 0.15) is 12.3 Å². The third-order valence-electron chi connectivity index (χ3n) is 4.14. The lowest BCUT2D eigenvalue weighted by molar-refractivity contribution is -0.384. The molecule has 1 amide bonds. The zero-order valence-corrected chi connectivity index (χ0v) is 18.1. The molecule has 2 aromatic rings. The van der Waals surface area contributed by atoms with Crippen molar-refractivity contribution in [3.63, 3.8) is 0 Å². The van der Waals surface area contributed by atoms with E-state index in [4.69, 9.17) is 4.74 Å². The molecule has 0 atom stereocenters. The Morgan fingerprint density at radius 2 is 1.83 bits per heavy atom. The number of hydrogen-bond acceptors (Lipinski definition) is 6. The van der Waals surface area contributed by atoms with Crippen molar-refractivity contribution in [1.29, 1.82) is 0 Å². The van der Waals surface area contributed by atoms with E-state index < -0.39 is 27.4 Å². The average molecular weight is 436 g/mol. The summed E-state index contributed by atoms with van der Waals surface area (Å²) in [6, 6.07) is 11.1. The van der Waals surface area contributed by atoms with E-state index in [1.807, 2.05) is 13.8 Å². The number of nitrogens with one attached hydrogen (secondary N) is 1. The summed E-state index contributed by atoms with van der Waals surface area (Å²) >= 11 is 0. The van der Waals surface area contributed by atoms with Crippen molar-refractivity contribution in [2.75, 3.05) is 17.1 Å². The molecule has 0 radical (unpaired) electrons. The first kappa shape index (κ1) is 23.1. The van der Waals surface area contributed by atoms with Gasteiger partial charge in [-0.3, -0.25) is 19.2 Å². The van der Waals surface area contributed by atoms with Gasteiger partial charge < -0.3 is 10.1 Å². The number of hydrogen-bond donors (Lipinski definition) is 1. The van der Waals surface area contributed by atoms with E-state index in [2.05, 4.69) is 5.32 Å². The molecule has 1 N–H and O–H groups in total. The number of nitrogens with zero attached hydrogens (tertiary/aromatic N) is 2. The lowest BCUT2D eigenvalue weighted by Crippen LogP contribution is -2.40. The second kappa shape index (κ2) is 9.57. The van der Waals surface area contributed by atoms with Gasteiger partial charge in [0.2, 0.25) is 15.9 Å². The van der Waals surface area contributed by atoms with Gasteiger partial charge in [0.05, 0.1) is 23.0 Å². The Labute approximate surface area is 175 Å². The molecular weight excluding hydrogens is 410 g/mol. The van der Waals surface area contributed by atoms with Crippen LogP contribution in [0.3, 0.4) is 0 Å². The van der Waals surface area contributed by atoms with E-state index in [1.165, 1.54) is 12.1 Å². The fourth-order valence-electron chi connectivity index (χ4n) is 2.71. The fourth-order valence-corrected chi connectivity index (χ4v) is 3.61. The number of aryl methyl sites for hydroxylation is 1. The molecule has 0 aliphatic rings. The van der Waals surface area contributed by atoms with Crippen molar-refractivity contribution in [2.45, 2.75) is 33.4 Å². The molecule has 0 heterocycles. The molecule has 10 heteroatoms. The van der Waals surface area contributed by atoms with E-state index in [0.29, 0.717) is 11.3 Å². The van der Waals surface area contributed by atoms with Crippen LogP contribution in [-0.4, -0.2) is 38.2 Å². The molecule has 9 nitrogen and oxygen atoms in total. The summed E-state index contributed by atoms with van der Waals surface area (Å²) in [5.74, 6) is 0.179. The first-order valence-corrected chi connectivity index (χ1v) is 11.1. The van der Waals surface area contributed by atoms with Crippen LogP contribution in [0.15, 0.2) is 42.5 Å². The minimum atomic E-state index is -3.84. The number of non-ortho nitro benzene ring substituents is 1. The Bertz CT molecular complexity index is 1020. The topological polar surface area (TPSA) is 119 Å². The van der Waals surface area contributed by atoms with Gasteiger partial charge in [-0.15, -0.1) is 0 Å². The second-order valence-electron chi connectivity index (χ2n) is 7.08. The summed E-state index contributed by atoms with van der Waals surface area (Å²) in [4.78, 5) is 22.8. The minimum Gasteiger partial charge on any atom is -0.491 e. The largest absolute Gasteiger partial charge is 0.491 e. The summed E-state index contributed by atoms with van der Waals surface area (Å²) in [7, 11) is -3.84. The first-order chi connectivity index (χ1) is 14.0. The molecule has 0 aromatic heterocycles. The molecule has 0 fully saturated rings.